The van der Waals surface area contributed by atoms with Crippen LogP contribution in [-0.2, 0) is 6.54 Å². The first-order valence-electron chi connectivity index (χ1n) is 6.47. The van der Waals surface area contributed by atoms with E-state index in [1.54, 1.807) is 0 Å². The van der Waals surface area contributed by atoms with E-state index in [2.05, 4.69) is 53.6 Å². The predicted octanol–water partition coefficient (Wildman–Crippen LogP) is 3.79. The smallest absolute Gasteiger partial charge is 0.0671 e. The lowest BCUT2D eigenvalue weighted by molar-refractivity contribution is 1.11. The average molecular weight is 251 g/mol. The van der Waals surface area contributed by atoms with Crippen molar-refractivity contribution >= 4 is 16.6 Å². The van der Waals surface area contributed by atoms with E-state index in [9.17, 15) is 0 Å². The van der Waals surface area contributed by atoms with E-state index in [0.29, 0.717) is 0 Å². The topological polar surface area (TPSA) is 40.7 Å². The normalized spacial score (nSPS) is 10.8. The van der Waals surface area contributed by atoms with E-state index in [-0.39, 0.29) is 0 Å². The summed E-state index contributed by atoms with van der Waals surface area (Å²) in [6.07, 6.45) is 1.86. The Bertz CT molecular complexity index is 713. The van der Waals surface area contributed by atoms with E-state index in [4.69, 9.17) is 0 Å². The second-order valence-corrected chi connectivity index (χ2v) is 4.85. The zero-order chi connectivity index (χ0) is 13.2. The van der Waals surface area contributed by atoms with Gasteiger partial charge in [-0.25, -0.2) is 0 Å². The molecule has 0 atom stereocenters. The standard InChI is InChI=1S/C16H17N3/c1-11-5-3-6-13(12(11)2)9-17-15-7-4-8-16-14(15)10-18-19-16/h3-8,10,17H,9H2,1-2H3,(H,18,19). The van der Waals surface area contributed by atoms with E-state index in [1.807, 2.05) is 18.3 Å². The minimum absolute atomic E-state index is 0.831. The summed E-state index contributed by atoms with van der Waals surface area (Å²) < 4.78 is 0. The van der Waals surface area contributed by atoms with Crippen LogP contribution in [0.5, 0.6) is 0 Å². The van der Waals surface area contributed by atoms with Gasteiger partial charge in [-0.05, 0) is 42.7 Å². The summed E-state index contributed by atoms with van der Waals surface area (Å²) in [7, 11) is 0. The first-order valence-corrected chi connectivity index (χ1v) is 6.47. The van der Waals surface area contributed by atoms with Crippen LogP contribution in [0.1, 0.15) is 16.7 Å². The summed E-state index contributed by atoms with van der Waals surface area (Å²) in [6, 6.07) is 12.6. The number of nitrogens with one attached hydrogen (secondary N) is 2. The number of fused-ring (bicyclic) bond motifs is 1. The molecule has 0 bridgehead atoms. The van der Waals surface area contributed by atoms with Crippen LogP contribution in [0.2, 0.25) is 0 Å². The number of rotatable bonds is 3. The van der Waals surface area contributed by atoms with Crippen LogP contribution in [0.3, 0.4) is 0 Å². The maximum atomic E-state index is 4.08. The number of anilines is 1. The van der Waals surface area contributed by atoms with Gasteiger partial charge in [-0.15, -0.1) is 0 Å². The third-order valence-electron chi connectivity index (χ3n) is 3.67. The zero-order valence-electron chi connectivity index (χ0n) is 11.2. The Morgan fingerprint density at radius 3 is 2.84 bits per heavy atom. The molecule has 2 aromatic carbocycles. The molecule has 0 aliphatic rings. The molecular formula is C16H17N3. The summed E-state index contributed by atoms with van der Waals surface area (Å²) in [5.41, 5.74) is 6.20. The van der Waals surface area contributed by atoms with Gasteiger partial charge in [0.25, 0.3) is 0 Å². The van der Waals surface area contributed by atoms with Gasteiger partial charge < -0.3 is 5.32 Å². The molecule has 0 radical (unpaired) electrons. The van der Waals surface area contributed by atoms with Crippen molar-refractivity contribution in [2.24, 2.45) is 0 Å². The highest BCUT2D eigenvalue weighted by Gasteiger charge is 2.04. The molecule has 0 amide bonds. The fourth-order valence-corrected chi connectivity index (χ4v) is 2.32. The molecule has 3 aromatic rings. The Morgan fingerprint density at radius 1 is 1.11 bits per heavy atom. The number of hydrogen-bond acceptors (Lipinski definition) is 2. The highest BCUT2D eigenvalue weighted by molar-refractivity contribution is 5.90. The molecule has 1 heterocycles. The molecule has 96 valence electrons. The van der Waals surface area contributed by atoms with Crippen LogP contribution in [0.4, 0.5) is 5.69 Å². The van der Waals surface area contributed by atoms with Gasteiger partial charge in [0, 0.05) is 17.6 Å². The fraction of sp³-hybridized carbons (Fsp3) is 0.188. The molecule has 2 N–H and O–H groups in total. The first kappa shape index (κ1) is 11.8. The minimum atomic E-state index is 0.831. The third kappa shape index (κ3) is 2.19. The summed E-state index contributed by atoms with van der Waals surface area (Å²) in [6.45, 7) is 5.15. The van der Waals surface area contributed by atoms with Crippen molar-refractivity contribution in [1.82, 2.24) is 10.2 Å². The maximum Gasteiger partial charge on any atom is 0.0671 e. The molecule has 1 aromatic heterocycles. The van der Waals surface area contributed by atoms with E-state index in [1.165, 1.54) is 16.7 Å². The van der Waals surface area contributed by atoms with Crippen molar-refractivity contribution in [3.05, 3.63) is 59.3 Å². The third-order valence-corrected chi connectivity index (χ3v) is 3.67. The molecular weight excluding hydrogens is 234 g/mol. The molecule has 0 aliphatic carbocycles. The maximum absolute atomic E-state index is 4.08. The number of nitrogens with zero attached hydrogens (tertiary/aromatic N) is 1. The molecule has 0 saturated carbocycles. The molecule has 0 unspecified atom stereocenters. The second-order valence-electron chi connectivity index (χ2n) is 4.85. The quantitative estimate of drug-likeness (QED) is 0.743. The highest BCUT2D eigenvalue weighted by atomic mass is 15.1. The molecule has 0 fully saturated rings. The Morgan fingerprint density at radius 2 is 1.95 bits per heavy atom. The van der Waals surface area contributed by atoms with Crippen molar-refractivity contribution in [3.63, 3.8) is 0 Å². The number of H-pyrrole nitrogens is 1. The molecule has 0 spiro atoms. The van der Waals surface area contributed by atoms with Gasteiger partial charge in [0.05, 0.1) is 11.7 Å². The predicted molar refractivity (Wildman–Crippen MR) is 79.3 cm³/mol. The van der Waals surface area contributed by atoms with Gasteiger partial charge in [0.2, 0.25) is 0 Å². The Kier molecular flexibility index (Phi) is 2.95. The van der Waals surface area contributed by atoms with Crippen LogP contribution < -0.4 is 5.32 Å². The van der Waals surface area contributed by atoms with Gasteiger partial charge in [-0.2, -0.15) is 5.10 Å². The number of aromatic nitrogens is 2. The summed E-state index contributed by atoms with van der Waals surface area (Å²) >= 11 is 0. The molecule has 0 aliphatic heterocycles. The van der Waals surface area contributed by atoms with Gasteiger partial charge in [0.15, 0.2) is 0 Å². The van der Waals surface area contributed by atoms with E-state index in [0.717, 1.165) is 23.1 Å². The number of aromatic amines is 1. The lowest BCUT2D eigenvalue weighted by Crippen LogP contribution is -2.02. The molecule has 3 heteroatoms. The molecule has 3 nitrogen and oxygen atoms in total. The zero-order valence-corrected chi connectivity index (χ0v) is 11.2. The van der Waals surface area contributed by atoms with Crippen molar-refractivity contribution in [2.45, 2.75) is 20.4 Å². The Balaban J connectivity index is 1.86. The van der Waals surface area contributed by atoms with Gasteiger partial charge >= 0.3 is 0 Å². The monoisotopic (exact) mass is 251 g/mol. The lowest BCUT2D eigenvalue weighted by atomic mass is 10.0. The summed E-state index contributed by atoms with van der Waals surface area (Å²) in [5.74, 6) is 0. The van der Waals surface area contributed by atoms with Crippen molar-refractivity contribution in [2.75, 3.05) is 5.32 Å². The van der Waals surface area contributed by atoms with Gasteiger partial charge in [-0.3, -0.25) is 5.10 Å². The SMILES string of the molecule is Cc1cccc(CNc2cccc3[nH]ncc23)c1C. The van der Waals surface area contributed by atoms with Gasteiger partial charge in [0.1, 0.15) is 0 Å². The van der Waals surface area contributed by atoms with Crippen LogP contribution in [0.25, 0.3) is 10.9 Å². The van der Waals surface area contributed by atoms with Crippen LogP contribution in [0, 0.1) is 13.8 Å². The van der Waals surface area contributed by atoms with E-state index < -0.39 is 0 Å². The number of aryl methyl sites for hydroxylation is 1. The van der Waals surface area contributed by atoms with Crippen molar-refractivity contribution in [3.8, 4) is 0 Å². The number of benzene rings is 2. The summed E-state index contributed by atoms with van der Waals surface area (Å²) in [5, 5.41) is 11.7. The Hall–Kier alpha value is -2.29. The van der Waals surface area contributed by atoms with Crippen molar-refractivity contribution < 1.29 is 0 Å². The Labute approximate surface area is 112 Å². The largest absolute Gasteiger partial charge is 0.380 e. The first-order chi connectivity index (χ1) is 9.25. The van der Waals surface area contributed by atoms with Gasteiger partial charge in [-0.1, -0.05) is 24.3 Å². The fourth-order valence-electron chi connectivity index (χ4n) is 2.32. The lowest BCUT2D eigenvalue weighted by Gasteiger charge is -2.11. The van der Waals surface area contributed by atoms with Crippen LogP contribution in [-0.4, -0.2) is 10.2 Å². The van der Waals surface area contributed by atoms with Crippen LogP contribution >= 0.6 is 0 Å². The molecule has 0 saturated heterocycles. The van der Waals surface area contributed by atoms with E-state index >= 15 is 0 Å². The number of hydrogen-bond donors (Lipinski definition) is 2. The average Bonchev–Trinajstić information content (AvgIpc) is 2.89. The molecule has 19 heavy (non-hydrogen) atoms. The second kappa shape index (κ2) is 4.76. The van der Waals surface area contributed by atoms with Crippen molar-refractivity contribution in [1.29, 1.82) is 0 Å². The molecule has 3 rings (SSSR count). The highest BCUT2D eigenvalue weighted by Crippen LogP contribution is 2.22. The summed E-state index contributed by atoms with van der Waals surface area (Å²) in [4.78, 5) is 0. The van der Waals surface area contributed by atoms with Crippen LogP contribution in [0.15, 0.2) is 42.6 Å². The minimum Gasteiger partial charge on any atom is -0.380 e.